The van der Waals surface area contributed by atoms with Crippen LogP contribution >= 0.6 is 0 Å². The lowest BCUT2D eigenvalue weighted by Gasteiger charge is -2.26. The standard InChI is InChI=1S/C14H22N2O4/c1-18-11-12-3-4-13(20-12)14(17)15-5-2-6-16-7-9-19-10-8-16/h3-4H,2,5-11H2,1H3,(H,15,17). The Morgan fingerprint density at radius 1 is 1.40 bits per heavy atom. The summed E-state index contributed by atoms with van der Waals surface area (Å²) in [5.41, 5.74) is 0. The fraction of sp³-hybridized carbons (Fsp3) is 0.643. The molecule has 1 aromatic heterocycles. The van der Waals surface area contributed by atoms with Crippen LogP contribution in [0.15, 0.2) is 16.5 Å². The van der Waals surface area contributed by atoms with Crippen LogP contribution in [0.5, 0.6) is 0 Å². The van der Waals surface area contributed by atoms with Crippen LogP contribution in [0.4, 0.5) is 0 Å². The highest BCUT2D eigenvalue weighted by atomic mass is 16.5. The molecule has 112 valence electrons. The highest BCUT2D eigenvalue weighted by Gasteiger charge is 2.12. The lowest BCUT2D eigenvalue weighted by molar-refractivity contribution is 0.0374. The van der Waals surface area contributed by atoms with Gasteiger partial charge in [-0.25, -0.2) is 0 Å². The van der Waals surface area contributed by atoms with Crippen LogP contribution in [-0.4, -0.2) is 57.3 Å². The van der Waals surface area contributed by atoms with Gasteiger partial charge in [-0.2, -0.15) is 0 Å². The van der Waals surface area contributed by atoms with Crippen molar-refractivity contribution in [3.63, 3.8) is 0 Å². The van der Waals surface area contributed by atoms with E-state index in [-0.39, 0.29) is 5.91 Å². The molecule has 2 rings (SSSR count). The summed E-state index contributed by atoms with van der Waals surface area (Å²) in [5.74, 6) is 0.823. The molecule has 2 heterocycles. The third-order valence-electron chi connectivity index (χ3n) is 3.21. The first-order chi connectivity index (χ1) is 9.79. The second-order valence-corrected chi connectivity index (χ2v) is 4.76. The van der Waals surface area contributed by atoms with Crippen molar-refractivity contribution in [2.45, 2.75) is 13.0 Å². The van der Waals surface area contributed by atoms with Crippen LogP contribution < -0.4 is 5.32 Å². The molecular weight excluding hydrogens is 260 g/mol. The first kappa shape index (κ1) is 15.0. The van der Waals surface area contributed by atoms with Crippen molar-refractivity contribution in [2.24, 2.45) is 0 Å². The quantitative estimate of drug-likeness (QED) is 0.752. The first-order valence-corrected chi connectivity index (χ1v) is 6.95. The van der Waals surface area contributed by atoms with E-state index in [1.165, 1.54) is 0 Å². The summed E-state index contributed by atoms with van der Waals surface area (Å²) in [6, 6.07) is 3.43. The monoisotopic (exact) mass is 282 g/mol. The van der Waals surface area contributed by atoms with Crippen molar-refractivity contribution in [3.8, 4) is 0 Å². The van der Waals surface area contributed by atoms with Gasteiger partial charge in [-0.05, 0) is 25.1 Å². The molecule has 0 spiro atoms. The SMILES string of the molecule is COCc1ccc(C(=O)NCCCN2CCOCC2)o1. The first-order valence-electron chi connectivity index (χ1n) is 6.95. The van der Waals surface area contributed by atoms with E-state index < -0.39 is 0 Å². The molecule has 1 fully saturated rings. The van der Waals surface area contributed by atoms with Crippen molar-refractivity contribution in [2.75, 3.05) is 46.5 Å². The summed E-state index contributed by atoms with van der Waals surface area (Å²) in [6.45, 7) is 5.58. The fourth-order valence-electron chi connectivity index (χ4n) is 2.14. The summed E-state index contributed by atoms with van der Waals surface area (Å²) in [4.78, 5) is 14.2. The zero-order valence-electron chi connectivity index (χ0n) is 11.9. The van der Waals surface area contributed by atoms with Gasteiger partial charge in [-0.3, -0.25) is 9.69 Å². The number of amides is 1. The second kappa shape index (κ2) is 8.04. The van der Waals surface area contributed by atoms with Crippen LogP contribution in [0.1, 0.15) is 22.7 Å². The summed E-state index contributed by atoms with van der Waals surface area (Å²) >= 11 is 0. The van der Waals surface area contributed by atoms with E-state index in [1.807, 2.05) is 0 Å². The minimum Gasteiger partial charge on any atom is -0.453 e. The molecule has 0 aromatic carbocycles. The van der Waals surface area contributed by atoms with Crippen molar-refractivity contribution < 1.29 is 18.7 Å². The summed E-state index contributed by atoms with van der Waals surface area (Å²) in [6.07, 6.45) is 0.928. The molecule has 6 heteroatoms. The number of nitrogens with one attached hydrogen (secondary N) is 1. The third-order valence-corrected chi connectivity index (χ3v) is 3.21. The van der Waals surface area contributed by atoms with Gasteiger partial charge in [0.2, 0.25) is 0 Å². The molecule has 1 aliphatic rings. The van der Waals surface area contributed by atoms with E-state index in [0.717, 1.165) is 39.3 Å². The van der Waals surface area contributed by atoms with E-state index in [9.17, 15) is 4.79 Å². The Morgan fingerprint density at radius 3 is 2.95 bits per heavy atom. The van der Waals surface area contributed by atoms with Gasteiger partial charge in [0, 0.05) is 26.7 Å². The fourth-order valence-corrected chi connectivity index (χ4v) is 2.14. The number of carbonyl (C=O) groups excluding carboxylic acids is 1. The summed E-state index contributed by atoms with van der Waals surface area (Å²) in [5, 5.41) is 2.86. The predicted octanol–water partition coefficient (Wildman–Crippen LogP) is 0.878. The van der Waals surface area contributed by atoms with Gasteiger partial charge in [0.05, 0.1) is 13.2 Å². The highest BCUT2D eigenvalue weighted by Crippen LogP contribution is 2.08. The van der Waals surface area contributed by atoms with E-state index in [1.54, 1.807) is 19.2 Å². The molecule has 0 bridgehead atoms. The van der Waals surface area contributed by atoms with Gasteiger partial charge in [-0.1, -0.05) is 0 Å². The zero-order valence-corrected chi connectivity index (χ0v) is 11.9. The Labute approximate surface area is 119 Å². The number of hydrogen-bond donors (Lipinski definition) is 1. The van der Waals surface area contributed by atoms with Gasteiger partial charge in [0.1, 0.15) is 12.4 Å². The van der Waals surface area contributed by atoms with Crippen LogP contribution in [0.25, 0.3) is 0 Å². The third kappa shape index (κ3) is 4.63. The Morgan fingerprint density at radius 2 is 2.20 bits per heavy atom. The molecule has 1 aliphatic heterocycles. The topological polar surface area (TPSA) is 63.9 Å². The van der Waals surface area contributed by atoms with Crippen molar-refractivity contribution >= 4 is 5.91 Å². The molecule has 0 unspecified atom stereocenters. The molecule has 6 nitrogen and oxygen atoms in total. The normalized spacial score (nSPS) is 16.2. The van der Waals surface area contributed by atoms with Gasteiger partial charge in [0.15, 0.2) is 5.76 Å². The molecule has 20 heavy (non-hydrogen) atoms. The molecule has 0 aliphatic carbocycles. The van der Waals surface area contributed by atoms with Crippen LogP contribution in [0, 0.1) is 0 Å². The molecular formula is C14H22N2O4. The number of rotatable bonds is 7. The lowest BCUT2D eigenvalue weighted by Crippen LogP contribution is -2.38. The maximum atomic E-state index is 11.8. The van der Waals surface area contributed by atoms with Gasteiger partial charge in [0.25, 0.3) is 5.91 Å². The molecule has 0 atom stereocenters. The van der Waals surface area contributed by atoms with Crippen molar-refractivity contribution in [1.29, 1.82) is 0 Å². The van der Waals surface area contributed by atoms with E-state index in [4.69, 9.17) is 13.9 Å². The Bertz CT molecular complexity index is 413. The second-order valence-electron chi connectivity index (χ2n) is 4.76. The largest absolute Gasteiger partial charge is 0.453 e. The molecule has 0 saturated carbocycles. The number of methoxy groups -OCH3 is 1. The molecule has 1 amide bonds. The minimum absolute atomic E-state index is 0.172. The molecule has 0 radical (unpaired) electrons. The smallest absolute Gasteiger partial charge is 0.286 e. The minimum atomic E-state index is -0.172. The van der Waals surface area contributed by atoms with Crippen molar-refractivity contribution in [3.05, 3.63) is 23.7 Å². The van der Waals surface area contributed by atoms with Gasteiger partial charge < -0.3 is 19.2 Å². The number of morpholine rings is 1. The van der Waals surface area contributed by atoms with E-state index >= 15 is 0 Å². The molecule has 1 aromatic rings. The predicted molar refractivity (Wildman–Crippen MR) is 73.6 cm³/mol. The Balaban J connectivity index is 1.63. The maximum absolute atomic E-state index is 11.8. The highest BCUT2D eigenvalue weighted by molar-refractivity contribution is 5.91. The number of ether oxygens (including phenoxy) is 2. The van der Waals surface area contributed by atoms with E-state index in [2.05, 4.69) is 10.2 Å². The Kier molecular flexibility index (Phi) is 6.04. The summed E-state index contributed by atoms with van der Waals surface area (Å²) < 4.78 is 15.6. The average Bonchev–Trinajstić information content (AvgIpc) is 2.94. The van der Waals surface area contributed by atoms with Crippen LogP contribution in [0.2, 0.25) is 0 Å². The van der Waals surface area contributed by atoms with Crippen molar-refractivity contribution in [1.82, 2.24) is 10.2 Å². The molecule has 1 N–H and O–H groups in total. The number of carbonyl (C=O) groups is 1. The number of furan rings is 1. The zero-order chi connectivity index (χ0) is 14.2. The lowest BCUT2D eigenvalue weighted by atomic mass is 10.3. The molecule has 1 saturated heterocycles. The number of hydrogen-bond acceptors (Lipinski definition) is 5. The van der Waals surface area contributed by atoms with Gasteiger partial charge in [-0.15, -0.1) is 0 Å². The maximum Gasteiger partial charge on any atom is 0.286 e. The van der Waals surface area contributed by atoms with Crippen LogP contribution in [-0.2, 0) is 16.1 Å². The van der Waals surface area contributed by atoms with E-state index in [0.29, 0.717) is 24.7 Å². The van der Waals surface area contributed by atoms with Crippen LogP contribution in [0.3, 0.4) is 0 Å². The number of nitrogens with zero attached hydrogens (tertiary/aromatic N) is 1. The Hall–Kier alpha value is -1.37. The summed E-state index contributed by atoms with van der Waals surface area (Å²) in [7, 11) is 1.59. The average molecular weight is 282 g/mol. The van der Waals surface area contributed by atoms with Gasteiger partial charge >= 0.3 is 0 Å².